The number of nitrogens with zero attached hydrogens (tertiary/aromatic N) is 1. The van der Waals surface area contributed by atoms with E-state index < -0.39 is 0 Å². The minimum absolute atomic E-state index is 0.0848. The molecule has 7 nitrogen and oxygen atoms in total. The van der Waals surface area contributed by atoms with E-state index in [9.17, 15) is 9.59 Å². The predicted molar refractivity (Wildman–Crippen MR) is 75.0 cm³/mol. The van der Waals surface area contributed by atoms with Gasteiger partial charge in [0, 0.05) is 12.6 Å². The van der Waals surface area contributed by atoms with Crippen LogP contribution in [-0.2, 0) is 11.3 Å². The second kappa shape index (κ2) is 5.50. The number of carbonyl (C=O) groups excluding carboxylic acids is 2. The number of rotatable bonds is 3. The van der Waals surface area contributed by atoms with Gasteiger partial charge in [0.1, 0.15) is 11.5 Å². The van der Waals surface area contributed by atoms with Crippen molar-refractivity contribution in [2.45, 2.75) is 32.4 Å². The van der Waals surface area contributed by atoms with E-state index in [0.717, 1.165) is 25.1 Å². The van der Waals surface area contributed by atoms with Crippen LogP contribution in [0.2, 0.25) is 0 Å². The number of hydrazine groups is 1. The third kappa shape index (κ3) is 2.54. The molecule has 0 saturated carbocycles. The van der Waals surface area contributed by atoms with E-state index in [-0.39, 0.29) is 23.8 Å². The third-order valence-corrected chi connectivity index (χ3v) is 4.42. The molecule has 2 fully saturated rings. The van der Waals surface area contributed by atoms with Gasteiger partial charge in [-0.3, -0.25) is 19.9 Å². The van der Waals surface area contributed by atoms with Crippen molar-refractivity contribution in [1.82, 2.24) is 15.6 Å². The Bertz CT molecular complexity index is 569. The number of hydrogen-bond donors (Lipinski definition) is 3. The number of carbonyl (C=O) groups is 2. The zero-order valence-electron chi connectivity index (χ0n) is 12.0. The first-order valence-corrected chi connectivity index (χ1v) is 7.22. The number of fused-ring (bicyclic) bond motifs is 1. The summed E-state index contributed by atoms with van der Waals surface area (Å²) in [7, 11) is 0. The van der Waals surface area contributed by atoms with Gasteiger partial charge in [-0.15, -0.1) is 0 Å². The lowest BCUT2D eigenvalue weighted by Gasteiger charge is -2.35. The van der Waals surface area contributed by atoms with Crippen LogP contribution >= 0.6 is 0 Å². The topological polar surface area (TPSA) is 101 Å². The Morgan fingerprint density at radius 3 is 3.19 bits per heavy atom. The summed E-state index contributed by atoms with van der Waals surface area (Å²) in [4.78, 5) is 25.6. The molecule has 3 rings (SSSR count). The van der Waals surface area contributed by atoms with Crippen molar-refractivity contribution in [3.63, 3.8) is 0 Å². The molecule has 21 heavy (non-hydrogen) atoms. The average molecular weight is 292 g/mol. The smallest absolute Gasteiger partial charge is 0.268 e. The summed E-state index contributed by atoms with van der Waals surface area (Å²) in [5, 5.41) is 2.93. The molecule has 2 saturated heterocycles. The average Bonchev–Trinajstić information content (AvgIpc) is 3.03. The van der Waals surface area contributed by atoms with Crippen molar-refractivity contribution in [3.8, 4) is 0 Å². The fraction of sp³-hybridized carbons (Fsp3) is 0.571. The van der Waals surface area contributed by atoms with Crippen molar-refractivity contribution < 1.29 is 14.0 Å². The SMILES string of the molecule is Cc1oc(CN2CCCC3C(=O)NCC32)cc1C(=O)NN. The summed E-state index contributed by atoms with van der Waals surface area (Å²) in [6, 6.07) is 1.95. The van der Waals surface area contributed by atoms with Gasteiger partial charge < -0.3 is 9.73 Å². The highest BCUT2D eigenvalue weighted by Crippen LogP contribution is 2.29. The van der Waals surface area contributed by atoms with Gasteiger partial charge in [-0.1, -0.05) is 0 Å². The number of aryl methyl sites for hydroxylation is 1. The Labute approximate surface area is 122 Å². The van der Waals surface area contributed by atoms with Crippen molar-refractivity contribution >= 4 is 11.8 Å². The quantitative estimate of drug-likeness (QED) is 0.410. The standard InChI is InChI=1S/C14H20N4O3/c1-8-11(14(20)17-15)5-9(21-8)7-18-4-2-3-10-12(18)6-16-13(10)19/h5,10,12H,2-4,6-7,15H2,1H3,(H,16,19)(H,17,20). The number of piperidine rings is 1. The number of furan rings is 1. The van der Waals surface area contributed by atoms with E-state index >= 15 is 0 Å². The Morgan fingerprint density at radius 1 is 1.62 bits per heavy atom. The normalized spacial score (nSPS) is 25.5. The van der Waals surface area contributed by atoms with E-state index in [0.29, 0.717) is 24.4 Å². The first-order chi connectivity index (χ1) is 10.1. The van der Waals surface area contributed by atoms with Crippen LogP contribution in [0.4, 0.5) is 0 Å². The minimum Gasteiger partial charge on any atom is -0.464 e. The molecule has 0 aromatic carbocycles. The van der Waals surface area contributed by atoms with Gasteiger partial charge in [0.2, 0.25) is 5.91 Å². The summed E-state index contributed by atoms with van der Waals surface area (Å²) in [5.74, 6) is 6.33. The van der Waals surface area contributed by atoms with Crippen LogP contribution in [0, 0.1) is 12.8 Å². The van der Waals surface area contributed by atoms with Crippen LogP contribution in [0.5, 0.6) is 0 Å². The van der Waals surface area contributed by atoms with Crippen LogP contribution < -0.4 is 16.6 Å². The molecular weight excluding hydrogens is 272 g/mol. The summed E-state index contributed by atoms with van der Waals surface area (Å²) >= 11 is 0. The summed E-state index contributed by atoms with van der Waals surface area (Å²) in [6.07, 6.45) is 1.95. The second-order valence-electron chi connectivity index (χ2n) is 5.69. The molecule has 114 valence electrons. The van der Waals surface area contributed by atoms with Gasteiger partial charge in [-0.25, -0.2) is 5.84 Å². The highest BCUT2D eigenvalue weighted by Gasteiger charge is 2.40. The van der Waals surface area contributed by atoms with Gasteiger partial charge in [0.25, 0.3) is 5.91 Å². The molecule has 0 radical (unpaired) electrons. The van der Waals surface area contributed by atoms with Crippen molar-refractivity contribution in [2.75, 3.05) is 13.1 Å². The highest BCUT2D eigenvalue weighted by atomic mass is 16.3. The van der Waals surface area contributed by atoms with Gasteiger partial charge >= 0.3 is 0 Å². The Hall–Kier alpha value is -1.86. The largest absolute Gasteiger partial charge is 0.464 e. The van der Waals surface area contributed by atoms with E-state index in [1.807, 2.05) is 0 Å². The first-order valence-electron chi connectivity index (χ1n) is 7.22. The van der Waals surface area contributed by atoms with Gasteiger partial charge in [-0.05, 0) is 32.4 Å². The monoisotopic (exact) mass is 292 g/mol. The van der Waals surface area contributed by atoms with E-state index in [1.54, 1.807) is 13.0 Å². The molecule has 2 amide bonds. The molecule has 1 aromatic heterocycles. The molecule has 2 aliphatic rings. The molecule has 7 heteroatoms. The summed E-state index contributed by atoms with van der Waals surface area (Å²) in [6.45, 7) is 3.98. The summed E-state index contributed by atoms with van der Waals surface area (Å²) < 4.78 is 5.65. The molecule has 0 aliphatic carbocycles. The molecule has 0 bridgehead atoms. The van der Waals surface area contributed by atoms with Crippen molar-refractivity contribution in [1.29, 1.82) is 0 Å². The van der Waals surface area contributed by atoms with Crippen LogP contribution in [0.15, 0.2) is 10.5 Å². The van der Waals surface area contributed by atoms with Crippen molar-refractivity contribution in [2.24, 2.45) is 11.8 Å². The molecule has 4 N–H and O–H groups in total. The molecular formula is C14H20N4O3. The maximum absolute atomic E-state index is 11.8. The van der Waals surface area contributed by atoms with Gasteiger partial charge in [0.15, 0.2) is 0 Å². The zero-order chi connectivity index (χ0) is 15.0. The Kier molecular flexibility index (Phi) is 3.69. The van der Waals surface area contributed by atoms with Gasteiger partial charge in [-0.2, -0.15) is 0 Å². The second-order valence-corrected chi connectivity index (χ2v) is 5.69. The minimum atomic E-state index is -0.350. The molecule has 2 unspecified atom stereocenters. The molecule has 1 aromatic rings. The van der Waals surface area contributed by atoms with E-state index in [4.69, 9.17) is 10.3 Å². The fourth-order valence-corrected chi connectivity index (χ4v) is 3.36. The predicted octanol–water partition coefficient (Wildman–Crippen LogP) is -0.0981. The molecule has 2 atom stereocenters. The van der Waals surface area contributed by atoms with Crippen LogP contribution in [0.3, 0.4) is 0 Å². The number of hydrogen-bond acceptors (Lipinski definition) is 5. The number of nitrogens with two attached hydrogens (primary N) is 1. The maximum Gasteiger partial charge on any atom is 0.268 e. The third-order valence-electron chi connectivity index (χ3n) is 4.42. The maximum atomic E-state index is 11.8. The fourth-order valence-electron chi connectivity index (χ4n) is 3.36. The lowest BCUT2D eigenvalue weighted by atomic mass is 9.91. The zero-order valence-corrected chi connectivity index (χ0v) is 12.0. The first kappa shape index (κ1) is 14.1. The molecule has 2 aliphatic heterocycles. The van der Waals surface area contributed by atoms with Crippen LogP contribution in [0.1, 0.15) is 34.7 Å². The summed E-state index contributed by atoms with van der Waals surface area (Å²) in [5.41, 5.74) is 2.57. The number of nitrogen functional groups attached to an aromatic ring is 1. The number of nitrogens with one attached hydrogen (secondary N) is 2. The van der Waals surface area contributed by atoms with Crippen LogP contribution in [-0.4, -0.2) is 35.8 Å². The Morgan fingerprint density at radius 2 is 2.43 bits per heavy atom. The lowest BCUT2D eigenvalue weighted by Crippen LogP contribution is -2.44. The Balaban J connectivity index is 1.74. The lowest BCUT2D eigenvalue weighted by molar-refractivity contribution is -0.124. The van der Waals surface area contributed by atoms with E-state index in [2.05, 4.69) is 15.6 Å². The van der Waals surface area contributed by atoms with Crippen molar-refractivity contribution in [3.05, 3.63) is 23.2 Å². The molecule has 3 heterocycles. The van der Waals surface area contributed by atoms with Crippen LogP contribution in [0.25, 0.3) is 0 Å². The molecule has 0 spiro atoms. The van der Waals surface area contributed by atoms with E-state index in [1.165, 1.54) is 0 Å². The van der Waals surface area contributed by atoms with Gasteiger partial charge in [0.05, 0.1) is 18.0 Å². The number of likely N-dealkylation sites (tertiary alicyclic amines) is 1. The number of amides is 2. The highest BCUT2D eigenvalue weighted by molar-refractivity contribution is 5.94.